The normalized spacial score (nSPS) is 19.1. The molecule has 1 aromatic heterocycles. The zero-order valence-corrected chi connectivity index (χ0v) is 22.2. The van der Waals surface area contributed by atoms with Gasteiger partial charge in [0.15, 0.2) is 11.5 Å². The van der Waals surface area contributed by atoms with Gasteiger partial charge in [-0.15, -0.1) is 6.42 Å². The summed E-state index contributed by atoms with van der Waals surface area (Å²) in [5.74, 6) is -1.21. The Morgan fingerprint density at radius 1 is 0.974 bits per heavy atom. The molecular weight excluding hydrogens is 526 g/mol. The number of hydrogen-bond donors (Lipinski definition) is 2. The molecule has 2 saturated carbocycles. The van der Waals surface area contributed by atoms with Crippen LogP contribution in [0.25, 0.3) is 22.1 Å². The van der Waals surface area contributed by atoms with E-state index >= 15 is 0 Å². The van der Waals surface area contributed by atoms with Crippen LogP contribution in [0.15, 0.2) is 52.9 Å². The number of sulfonamides is 1. The fourth-order valence-corrected chi connectivity index (χ4v) is 5.63. The second kappa shape index (κ2) is 9.49. The first kappa shape index (κ1) is 26.9. The first-order valence-corrected chi connectivity index (χ1v) is 14.5. The lowest BCUT2D eigenvalue weighted by atomic mass is 9.74. The number of terminal acetylenes is 1. The van der Waals surface area contributed by atoms with Crippen molar-refractivity contribution in [3.8, 4) is 23.5 Å². The number of carbonyl (C=O) groups is 2. The van der Waals surface area contributed by atoms with E-state index in [9.17, 15) is 26.8 Å². The molecule has 0 unspecified atom stereocenters. The van der Waals surface area contributed by atoms with Crippen molar-refractivity contribution in [1.29, 1.82) is 0 Å². The van der Waals surface area contributed by atoms with Crippen molar-refractivity contribution in [3.63, 3.8) is 0 Å². The predicted molar refractivity (Wildman–Crippen MR) is 144 cm³/mol. The molecule has 0 aliphatic heterocycles. The van der Waals surface area contributed by atoms with Gasteiger partial charge < -0.3 is 9.73 Å². The summed E-state index contributed by atoms with van der Waals surface area (Å²) in [7, 11) is -3.39. The number of amides is 1. The Balaban J connectivity index is 1.37. The number of furan rings is 1. The summed E-state index contributed by atoms with van der Waals surface area (Å²) in [5, 5.41) is 3.40. The van der Waals surface area contributed by atoms with Gasteiger partial charge in [-0.3, -0.25) is 14.3 Å². The Labute approximate surface area is 225 Å². The number of benzene rings is 2. The smallest absolute Gasteiger partial charge is 0.287 e. The second-order valence-corrected chi connectivity index (χ2v) is 12.5. The van der Waals surface area contributed by atoms with E-state index in [4.69, 9.17) is 10.8 Å². The fourth-order valence-electron chi connectivity index (χ4n) is 5.06. The maximum Gasteiger partial charge on any atom is 0.287 e. The van der Waals surface area contributed by atoms with E-state index < -0.39 is 45.6 Å². The van der Waals surface area contributed by atoms with Crippen molar-refractivity contribution in [3.05, 3.63) is 54.3 Å². The van der Waals surface area contributed by atoms with Crippen LogP contribution in [0.5, 0.6) is 0 Å². The van der Waals surface area contributed by atoms with Crippen LogP contribution in [0.1, 0.15) is 55.5 Å². The minimum atomic E-state index is -3.39. The van der Waals surface area contributed by atoms with Gasteiger partial charge in [0.1, 0.15) is 5.58 Å². The van der Waals surface area contributed by atoms with E-state index in [1.807, 2.05) is 6.07 Å². The van der Waals surface area contributed by atoms with Crippen molar-refractivity contribution in [1.82, 2.24) is 5.32 Å². The number of rotatable bonds is 8. The molecule has 2 N–H and O–H groups in total. The summed E-state index contributed by atoms with van der Waals surface area (Å²) in [5.41, 5.74) is 0.475. The number of alkyl halides is 2. The van der Waals surface area contributed by atoms with Crippen molar-refractivity contribution in [2.24, 2.45) is 5.41 Å². The number of Topliss-reactive ketones (excluding diaryl/α,β-unsaturated/α-hetero) is 1. The van der Waals surface area contributed by atoms with Crippen LogP contribution in [0.4, 0.5) is 14.5 Å². The Kier molecular flexibility index (Phi) is 6.54. The molecule has 2 aromatic carbocycles. The van der Waals surface area contributed by atoms with Crippen molar-refractivity contribution in [2.75, 3.05) is 11.0 Å². The number of nitrogens with one attached hydrogen (secondary N) is 2. The van der Waals surface area contributed by atoms with Crippen molar-refractivity contribution in [2.45, 2.75) is 56.4 Å². The van der Waals surface area contributed by atoms with Crippen LogP contribution in [0.3, 0.4) is 0 Å². The molecule has 5 rings (SSSR count). The first-order chi connectivity index (χ1) is 18.3. The lowest BCUT2D eigenvalue weighted by Crippen LogP contribution is -2.58. The highest BCUT2D eigenvalue weighted by Gasteiger charge is 2.52. The zero-order chi connectivity index (χ0) is 28.1. The maximum absolute atomic E-state index is 14.0. The minimum absolute atomic E-state index is 0.0301. The van der Waals surface area contributed by atoms with E-state index in [1.54, 1.807) is 42.5 Å². The van der Waals surface area contributed by atoms with Crippen LogP contribution in [0.2, 0.25) is 0 Å². The van der Waals surface area contributed by atoms with Gasteiger partial charge in [-0.05, 0) is 61.1 Å². The van der Waals surface area contributed by atoms with Crippen LogP contribution < -0.4 is 10.0 Å². The Hall–Kier alpha value is -3.71. The third kappa shape index (κ3) is 5.83. The number of hydrogen-bond acceptors (Lipinski definition) is 5. The molecule has 7 nitrogen and oxygen atoms in total. The van der Waals surface area contributed by atoms with Gasteiger partial charge in [0.25, 0.3) is 5.91 Å². The molecule has 0 spiro atoms. The summed E-state index contributed by atoms with van der Waals surface area (Å²) in [6.45, 7) is 0. The number of fused-ring (bicyclic) bond motifs is 1. The summed E-state index contributed by atoms with van der Waals surface area (Å²) in [4.78, 5) is 26.6. The molecule has 0 atom stereocenters. The van der Waals surface area contributed by atoms with Crippen LogP contribution >= 0.6 is 0 Å². The van der Waals surface area contributed by atoms with E-state index in [1.165, 1.54) is 0 Å². The SMILES string of the molecule is C#CC1(CC(=O)C2(NC(=O)c3cc4ccc(-c5ccc(NS(C)(=O)=O)cc5)cc4o3)CCC(F)(F)CC2)CC1. The van der Waals surface area contributed by atoms with Gasteiger partial charge in [-0.25, -0.2) is 17.2 Å². The number of halogens is 2. The van der Waals surface area contributed by atoms with Gasteiger partial charge >= 0.3 is 0 Å². The lowest BCUT2D eigenvalue weighted by Gasteiger charge is -2.39. The van der Waals surface area contributed by atoms with E-state index in [-0.39, 0.29) is 30.8 Å². The molecule has 2 fully saturated rings. The first-order valence-electron chi connectivity index (χ1n) is 12.6. The highest BCUT2D eigenvalue weighted by molar-refractivity contribution is 7.92. The molecule has 3 aromatic rings. The average molecular weight is 555 g/mol. The van der Waals surface area contributed by atoms with Crippen molar-refractivity contribution < 1.29 is 31.2 Å². The van der Waals surface area contributed by atoms with E-state index in [0.717, 1.165) is 17.4 Å². The fraction of sp³-hybridized carbons (Fsp3) is 0.379. The third-order valence-corrected chi connectivity index (χ3v) is 8.25. The molecule has 204 valence electrons. The Morgan fingerprint density at radius 2 is 1.62 bits per heavy atom. The highest BCUT2D eigenvalue weighted by Crippen LogP contribution is 2.50. The van der Waals surface area contributed by atoms with E-state index in [2.05, 4.69) is 16.0 Å². The number of carbonyl (C=O) groups excluding carboxylic acids is 2. The van der Waals surface area contributed by atoms with Gasteiger partial charge in [-0.2, -0.15) is 0 Å². The average Bonchev–Trinajstić information content (AvgIpc) is 3.51. The molecule has 1 amide bonds. The monoisotopic (exact) mass is 554 g/mol. The molecule has 0 bridgehead atoms. The van der Waals surface area contributed by atoms with Crippen LogP contribution in [-0.2, 0) is 14.8 Å². The molecule has 10 heteroatoms. The van der Waals surface area contributed by atoms with Crippen LogP contribution in [-0.4, -0.2) is 37.8 Å². The highest BCUT2D eigenvalue weighted by atomic mass is 32.2. The predicted octanol–water partition coefficient (Wildman–Crippen LogP) is 5.52. The summed E-state index contributed by atoms with van der Waals surface area (Å²) >= 11 is 0. The summed E-state index contributed by atoms with van der Waals surface area (Å²) in [6, 6.07) is 13.7. The molecule has 2 aliphatic carbocycles. The Bertz CT molecular complexity index is 1590. The lowest BCUT2D eigenvalue weighted by molar-refractivity contribution is -0.131. The standard InChI is InChI=1S/C29H28F2N2O5S/c1-3-27(10-11-27)18-25(34)28(12-14-29(30,31)15-13-28)32-26(35)24-17-21-5-4-20(16-23(21)38-24)19-6-8-22(9-7-19)33-39(2,36)37/h1,4-9,16-17,33H,10-15,18H2,2H3,(H,32,35). The quantitative estimate of drug-likeness (QED) is 0.357. The Morgan fingerprint density at radius 3 is 2.21 bits per heavy atom. The van der Waals surface area contributed by atoms with Gasteiger partial charge in [0, 0.05) is 35.8 Å². The third-order valence-electron chi connectivity index (χ3n) is 7.65. The van der Waals surface area contributed by atoms with E-state index in [0.29, 0.717) is 29.5 Å². The molecule has 0 saturated heterocycles. The molecular formula is C29H28F2N2O5S. The minimum Gasteiger partial charge on any atom is -0.451 e. The second-order valence-electron chi connectivity index (χ2n) is 10.7. The maximum atomic E-state index is 14.0. The number of anilines is 1. The molecule has 2 aliphatic rings. The van der Waals surface area contributed by atoms with Gasteiger partial charge in [0.2, 0.25) is 15.9 Å². The van der Waals surface area contributed by atoms with Gasteiger partial charge in [-0.1, -0.05) is 30.2 Å². The molecule has 0 radical (unpaired) electrons. The summed E-state index contributed by atoms with van der Waals surface area (Å²) < 4.78 is 59.1. The number of ketones is 1. The van der Waals surface area contributed by atoms with Gasteiger partial charge in [0.05, 0.1) is 11.8 Å². The zero-order valence-electron chi connectivity index (χ0n) is 21.4. The summed E-state index contributed by atoms with van der Waals surface area (Å²) in [6.07, 6.45) is 6.81. The topological polar surface area (TPSA) is 105 Å². The van der Waals surface area contributed by atoms with Crippen LogP contribution in [0, 0.1) is 17.8 Å². The largest absolute Gasteiger partial charge is 0.451 e. The molecule has 1 heterocycles. The van der Waals surface area contributed by atoms with Crippen molar-refractivity contribution >= 4 is 38.4 Å². The molecule has 39 heavy (non-hydrogen) atoms.